The topological polar surface area (TPSA) is 57.6 Å². The lowest BCUT2D eigenvalue weighted by molar-refractivity contribution is -0.142. The molecule has 0 aromatic heterocycles. The summed E-state index contributed by atoms with van der Waals surface area (Å²) < 4.78 is 0. The predicted molar refractivity (Wildman–Crippen MR) is 65.6 cm³/mol. The molecule has 2 atom stereocenters. The number of amides is 1. The van der Waals surface area contributed by atoms with Crippen molar-refractivity contribution in [3.05, 3.63) is 0 Å². The van der Waals surface area contributed by atoms with Crippen LogP contribution in [0.4, 0.5) is 0 Å². The van der Waals surface area contributed by atoms with E-state index in [0.717, 1.165) is 38.8 Å². The van der Waals surface area contributed by atoms with Gasteiger partial charge in [-0.25, -0.2) is 0 Å². The number of carbonyl (C=O) groups is 2. The van der Waals surface area contributed by atoms with E-state index < -0.39 is 11.9 Å². The van der Waals surface area contributed by atoms with Crippen LogP contribution in [0, 0.1) is 11.8 Å². The van der Waals surface area contributed by atoms with Crippen molar-refractivity contribution >= 4 is 11.9 Å². The predicted octanol–water partition coefficient (Wildman–Crippen LogP) is 2.14. The second-order valence-electron chi connectivity index (χ2n) is 4.82. The lowest BCUT2D eigenvalue weighted by Gasteiger charge is -2.22. The van der Waals surface area contributed by atoms with E-state index in [1.165, 1.54) is 0 Å². The van der Waals surface area contributed by atoms with Gasteiger partial charge in [-0.3, -0.25) is 9.59 Å². The molecule has 1 saturated carbocycles. The van der Waals surface area contributed by atoms with Crippen LogP contribution in [-0.2, 0) is 9.59 Å². The van der Waals surface area contributed by atoms with Crippen LogP contribution in [0.1, 0.15) is 46.0 Å². The molecule has 0 unspecified atom stereocenters. The molecule has 0 aliphatic heterocycles. The van der Waals surface area contributed by atoms with Gasteiger partial charge >= 0.3 is 5.97 Å². The molecular weight excluding hydrogens is 218 g/mol. The van der Waals surface area contributed by atoms with E-state index >= 15 is 0 Å². The highest BCUT2D eigenvalue weighted by atomic mass is 16.4. The lowest BCUT2D eigenvalue weighted by atomic mass is 10.2. The van der Waals surface area contributed by atoms with Gasteiger partial charge in [-0.1, -0.05) is 26.7 Å². The molecule has 0 aromatic rings. The first-order valence-electron chi connectivity index (χ1n) is 6.63. The van der Waals surface area contributed by atoms with Gasteiger partial charge in [0.05, 0.1) is 11.8 Å². The molecule has 98 valence electrons. The first kappa shape index (κ1) is 14.0. The first-order chi connectivity index (χ1) is 8.11. The van der Waals surface area contributed by atoms with E-state index in [4.69, 9.17) is 5.11 Å². The van der Waals surface area contributed by atoms with Crippen molar-refractivity contribution < 1.29 is 14.7 Å². The molecule has 4 heteroatoms. The van der Waals surface area contributed by atoms with Gasteiger partial charge in [0, 0.05) is 13.1 Å². The lowest BCUT2D eigenvalue weighted by Crippen LogP contribution is -2.34. The third-order valence-electron chi connectivity index (χ3n) is 3.30. The number of rotatable bonds is 8. The average molecular weight is 241 g/mol. The van der Waals surface area contributed by atoms with Gasteiger partial charge in [-0.2, -0.15) is 0 Å². The summed E-state index contributed by atoms with van der Waals surface area (Å²) in [6.45, 7) is 5.75. The van der Waals surface area contributed by atoms with Gasteiger partial charge in [0.1, 0.15) is 0 Å². The highest BCUT2D eigenvalue weighted by Crippen LogP contribution is 2.40. The maximum Gasteiger partial charge on any atom is 0.307 e. The molecule has 0 saturated heterocycles. The van der Waals surface area contributed by atoms with Gasteiger partial charge in [0.2, 0.25) is 5.91 Å². The van der Waals surface area contributed by atoms with E-state index in [1.54, 1.807) is 0 Å². The molecule has 1 fully saturated rings. The molecule has 1 N–H and O–H groups in total. The summed E-state index contributed by atoms with van der Waals surface area (Å²) in [7, 11) is 0. The number of carbonyl (C=O) groups excluding carboxylic acids is 1. The molecule has 4 nitrogen and oxygen atoms in total. The van der Waals surface area contributed by atoms with E-state index in [0.29, 0.717) is 6.42 Å². The van der Waals surface area contributed by atoms with Crippen LogP contribution in [0.5, 0.6) is 0 Å². The largest absolute Gasteiger partial charge is 0.481 e. The van der Waals surface area contributed by atoms with Crippen molar-refractivity contribution in [3.8, 4) is 0 Å². The zero-order chi connectivity index (χ0) is 12.8. The van der Waals surface area contributed by atoms with Crippen molar-refractivity contribution in [1.82, 2.24) is 4.90 Å². The number of aliphatic carboxylic acids is 1. The molecule has 1 aliphatic carbocycles. The number of hydrogen-bond donors (Lipinski definition) is 1. The summed E-state index contributed by atoms with van der Waals surface area (Å²) >= 11 is 0. The monoisotopic (exact) mass is 241 g/mol. The van der Waals surface area contributed by atoms with Crippen LogP contribution >= 0.6 is 0 Å². The summed E-state index contributed by atoms with van der Waals surface area (Å²) in [6, 6.07) is 0. The van der Waals surface area contributed by atoms with Crippen LogP contribution in [0.25, 0.3) is 0 Å². The fraction of sp³-hybridized carbons (Fsp3) is 0.846. The molecule has 17 heavy (non-hydrogen) atoms. The minimum Gasteiger partial charge on any atom is -0.481 e. The van der Waals surface area contributed by atoms with E-state index in [1.807, 2.05) is 4.90 Å². The fourth-order valence-electron chi connectivity index (χ4n) is 2.01. The van der Waals surface area contributed by atoms with Gasteiger partial charge < -0.3 is 10.0 Å². The quantitative estimate of drug-likeness (QED) is 0.708. The third-order valence-corrected chi connectivity index (χ3v) is 3.30. The number of carboxylic acids is 1. The Labute approximate surface area is 103 Å². The molecule has 0 spiro atoms. The second-order valence-corrected chi connectivity index (χ2v) is 4.82. The number of nitrogens with zero attached hydrogens (tertiary/aromatic N) is 1. The SMILES string of the molecule is CCCCN(CCCC)C(=O)[C@@H]1C[C@@H]1C(=O)O. The molecule has 0 bridgehead atoms. The standard InChI is InChI=1S/C13H23NO3/c1-3-5-7-14(8-6-4-2)12(15)10-9-11(10)13(16)17/h10-11H,3-9H2,1-2H3,(H,16,17)/t10-,11+/m1/s1. The molecule has 0 heterocycles. The van der Waals surface area contributed by atoms with Gasteiger partial charge in [-0.05, 0) is 19.3 Å². The minimum absolute atomic E-state index is 0.0549. The van der Waals surface area contributed by atoms with Crippen LogP contribution < -0.4 is 0 Å². The van der Waals surface area contributed by atoms with Crippen LogP contribution in [0.3, 0.4) is 0 Å². The Morgan fingerprint density at radius 3 is 2.00 bits per heavy atom. The summed E-state index contributed by atoms with van der Waals surface area (Å²) in [4.78, 5) is 24.7. The first-order valence-corrected chi connectivity index (χ1v) is 6.63. The summed E-state index contributed by atoms with van der Waals surface area (Å²) in [5, 5.41) is 8.84. The maximum atomic E-state index is 12.1. The number of carboxylic acid groups (broad SMARTS) is 1. The van der Waals surface area contributed by atoms with Crippen molar-refractivity contribution in [1.29, 1.82) is 0 Å². The molecule has 0 aromatic carbocycles. The average Bonchev–Trinajstić information content (AvgIpc) is 3.08. The second kappa shape index (κ2) is 6.62. The molecule has 0 radical (unpaired) electrons. The molecule has 1 amide bonds. The zero-order valence-electron chi connectivity index (χ0n) is 10.8. The smallest absolute Gasteiger partial charge is 0.307 e. The highest BCUT2D eigenvalue weighted by molar-refractivity contribution is 5.89. The van der Waals surface area contributed by atoms with Crippen molar-refractivity contribution in [2.75, 3.05) is 13.1 Å². The molecular formula is C13H23NO3. The summed E-state index contributed by atoms with van der Waals surface area (Å²) in [6.07, 6.45) is 4.65. The van der Waals surface area contributed by atoms with Gasteiger partial charge in [0.25, 0.3) is 0 Å². The van der Waals surface area contributed by atoms with E-state index in [-0.39, 0.29) is 11.8 Å². The van der Waals surface area contributed by atoms with Crippen LogP contribution in [0.15, 0.2) is 0 Å². The summed E-state index contributed by atoms with van der Waals surface area (Å²) in [5.41, 5.74) is 0. The highest BCUT2D eigenvalue weighted by Gasteiger charge is 2.49. The number of unbranched alkanes of at least 4 members (excludes halogenated alkanes) is 2. The van der Waals surface area contributed by atoms with Crippen molar-refractivity contribution in [2.24, 2.45) is 11.8 Å². The Kier molecular flexibility index (Phi) is 5.45. The van der Waals surface area contributed by atoms with Crippen LogP contribution in [-0.4, -0.2) is 35.0 Å². The van der Waals surface area contributed by atoms with E-state index in [9.17, 15) is 9.59 Å². The van der Waals surface area contributed by atoms with E-state index in [2.05, 4.69) is 13.8 Å². The van der Waals surface area contributed by atoms with Gasteiger partial charge in [0.15, 0.2) is 0 Å². The van der Waals surface area contributed by atoms with Gasteiger partial charge in [-0.15, -0.1) is 0 Å². The Morgan fingerprint density at radius 1 is 1.12 bits per heavy atom. The Bertz CT molecular complexity index is 270. The Hall–Kier alpha value is -1.06. The number of hydrogen-bond acceptors (Lipinski definition) is 2. The fourth-order valence-corrected chi connectivity index (χ4v) is 2.01. The minimum atomic E-state index is -0.825. The van der Waals surface area contributed by atoms with Crippen molar-refractivity contribution in [3.63, 3.8) is 0 Å². The Morgan fingerprint density at radius 2 is 1.65 bits per heavy atom. The Balaban J connectivity index is 2.45. The molecule has 1 aliphatic rings. The van der Waals surface area contributed by atoms with Crippen molar-refractivity contribution in [2.45, 2.75) is 46.0 Å². The summed E-state index contributed by atoms with van der Waals surface area (Å²) in [5.74, 6) is -1.44. The third kappa shape index (κ3) is 4.02. The van der Waals surface area contributed by atoms with Crippen LogP contribution in [0.2, 0.25) is 0 Å². The maximum absolute atomic E-state index is 12.1. The zero-order valence-corrected chi connectivity index (χ0v) is 10.8. The molecule has 1 rings (SSSR count). The normalized spacial score (nSPS) is 22.2.